The van der Waals surface area contributed by atoms with Gasteiger partial charge in [-0.25, -0.2) is 0 Å². The lowest BCUT2D eigenvalue weighted by Gasteiger charge is -2.18. The quantitative estimate of drug-likeness (QED) is 0.913. The van der Waals surface area contributed by atoms with Crippen molar-refractivity contribution in [3.63, 3.8) is 0 Å². The minimum Gasteiger partial charge on any atom is -0.365 e. The lowest BCUT2D eigenvalue weighted by molar-refractivity contribution is 0.1000. The van der Waals surface area contributed by atoms with Gasteiger partial charge in [0.1, 0.15) is 5.00 Å². The van der Waals surface area contributed by atoms with E-state index in [1.165, 1.54) is 16.2 Å². The number of hydrogen-bond donors (Lipinski definition) is 2. The molecule has 0 spiro atoms. The third-order valence-electron chi connectivity index (χ3n) is 4.02. The summed E-state index contributed by atoms with van der Waals surface area (Å²) in [4.78, 5) is 25.3. The van der Waals surface area contributed by atoms with Crippen molar-refractivity contribution in [2.45, 2.75) is 26.2 Å². The Labute approximate surface area is 133 Å². The van der Waals surface area contributed by atoms with Crippen LogP contribution in [-0.2, 0) is 12.8 Å². The number of aryl methyl sites for hydroxylation is 1. The standard InChI is InChI=1S/C17H18N2O2S/c1-10-7-8-13-12(9-10)14(15(18)20)17(22-13)19-16(21)11-5-3-2-4-6-11/h2-6,10H,7-9H2,1H3,(H2,18,20)(H,19,21)/t10-/m1/s1. The molecule has 1 aromatic heterocycles. The molecule has 0 unspecified atom stereocenters. The molecule has 1 aliphatic carbocycles. The Morgan fingerprint density at radius 3 is 2.68 bits per heavy atom. The van der Waals surface area contributed by atoms with E-state index in [1.807, 2.05) is 18.2 Å². The zero-order valence-corrected chi connectivity index (χ0v) is 13.2. The van der Waals surface area contributed by atoms with Gasteiger partial charge in [-0.1, -0.05) is 25.1 Å². The molecular formula is C17H18N2O2S. The molecule has 1 aliphatic rings. The van der Waals surface area contributed by atoms with Crippen LogP contribution in [0.5, 0.6) is 0 Å². The van der Waals surface area contributed by atoms with E-state index in [2.05, 4.69) is 12.2 Å². The van der Waals surface area contributed by atoms with Gasteiger partial charge in [0.05, 0.1) is 5.56 Å². The van der Waals surface area contributed by atoms with Gasteiger partial charge in [-0.15, -0.1) is 11.3 Å². The monoisotopic (exact) mass is 314 g/mol. The molecule has 1 aromatic carbocycles. The predicted molar refractivity (Wildman–Crippen MR) is 88.4 cm³/mol. The van der Waals surface area contributed by atoms with Crippen molar-refractivity contribution in [1.82, 2.24) is 0 Å². The zero-order valence-electron chi connectivity index (χ0n) is 12.4. The van der Waals surface area contributed by atoms with Crippen molar-refractivity contribution in [2.24, 2.45) is 11.7 Å². The Morgan fingerprint density at radius 1 is 1.27 bits per heavy atom. The summed E-state index contributed by atoms with van der Waals surface area (Å²) < 4.78 is 0. The molecule has 2 aromatic rings. The summed E-state index contributed by atoms with van der Waals surface area (Å²) in [6, 6.07) is 8.97. The fraction of sp³-hybridized carbons (Fsp3) is 0.294. The third kappa shape index (κ3) is 2.76. The molecule has 1 atom stereocenters. The number of thiophene rings is 1. The Kier molecular flexibility index (Phi) is 3.98. The Morgan fingerprint density at radius 2 is 2.00 bits per heavy atom. The number of benzene rings is 1. The maximum atomic E-state index is 12.3. The summed E-state index contributed by atoms with van der Waals surface area (Å²) in [6.07, 6.45) is 2.91. The largest absolute Gasteiger partial charge is 0.365 e. The summed E-state index contributed by atoms with van der Waals surface area (Å²) in [5.74, 6) is -0.136. The lowest BCUT2D eigenvalue weighted by Crippen LogP contribution is -2.19. The van der Waals surface area contributed by atoms with Crippen LogP contribution in [0.15, 0.2) is 30.3 Å². The highest BCUT2D eigenvalue weighted by Crippen LogP contribution is 2.39. The van der Waals surface area contributed by atoms with Crippen molar-refractivity contribution >= 4 is 28.2 Å². The first-order valence-corrected chi connectivity index (χ1v) is 8.18. The van der Waals surface area contributed by atoms with Crippen LogP contribution in [0.1, 0.15) is 44.5 Å². The molecule has 3 N–H and O–H groups in total. The average molecular weight is 314 g/mol. The second-order valence-electron chi connectivity index (χ2n) is 5.74. The molecular weight excluding hydrogens is 296 g/mol. The Balaban J connectivity index is 1.94. The van der Waals surface area contributed by atoms with Gasteiger partial charge in [-0.05, 0) is 42.9 Å². The second kappa shape index (κ2) is 5.93. The molecule has 0 aliphatic heterocycles. The van der Waals surface area contributed by atoms with Crippen LogP contribution in [0.2, 0.25) is 0 Å². The second-order valence-corrected chi connectivity index (χ2v) is 6.85. The molecule has 0 saturated carbocycles. The normalized spacial score (nSPS) is 16.9. The number of nitrogens with two attached hydrogens (primary N) is 1. The van der Waals surface area contributed by atoms with Crippen LogP contribution < -0.4 is 11.1 Å². The summed E-state index contributed by atoms with van der Waals surface area (Å²) in [7, 11) is 0. The number of primary amides is 1. The van der Waals surface area contributed by atoms with E-state index in [1.54, 1.807) is 12.1 Å². The van der Waals surface area contributed by atoms with Gasteiger partial charge < -0.3 is 11.1 Å². The maximum absolute atomic E-state index is 12.3. The highest BCUT2D eigenvalue weighted by molar-refractivity contribution is 7.17. The van der Waals surface area contributed by atoms with Gasteiger partial charge in [0.25, 0.3) is 11.8 Å². The van der Waals surface area contributed by atoms with Gasteiger partial charge in [-0.3, -0.25) is 9.59 Å². The van der Waals surface area contributed by atoms with Crippen molar-refractivity contribution in [3.8, 4) is 0 Å². The van der Waals surface area contributed by atoms with Gasteiger partial charge in [0.2, 0.25) is 0 Å². The van der Waals surface area contributed by atoms with Gasteiger partial charge in [0.15, 0.2) is 0 Å². The molecule has 5 heteroatoms. The molecule has 0 saturated heterocycles. The maximum Gasteiger partial charge on any atom is 0.256 e. The van der Waals surface area contributed by atoms with Gasteiger partial charge >= 0.3 is 0 Å². The Hall–Kier alpha value is -2.14. The van der Waals surface area contributed by atoms with E-state index >= 15 is 0 Å². The number of carbonyl (C=O) groups excluding carboxylic acids is 2. The molecule has 0 bridgehead atoms. The van der Waals surface area contributed by atoms with Gasteiger partial charge in [0, 0.05) is 10.4 Å². The molecule has 1 heterocycles. The first-order chi connectivity index (χ1) is 10.6. The number of carbonyl (C=O) groups is 2. The van der Waals surface area contributed by atoms with Crippen LogP contribution in [-0.4, -0.2) is 11.8 Å². The summed E-state index contributed by atoms with van der Waals surface area (Å²) in [5.41, 5.74) is 7.65. The number of anilines is 1. The molecule has 4 nitrogen and oxygen atoms in total. The van der Waals surface area contributed by atoms with Crippen LogP contribution in [0.4, 0.5) is 5.00 Å². The van der Waals surface area contributed by atoms with Crippen LogP contribution in [0.25, 0.3) is 0 Å². The Bertz CT molecular complexity index is 722. The molecule has 2 amide bonds. The molecule has 0 radical (unpaired) electrons. The summed E-state index contributed by atoms with van der Waals surface area (Å²) >= 11 is 1.48. The SMILES string of the molecule is C[C@@H]1CCc2sc(NC(=O)c3ccccc3)c(C(N)=O)c2C1. The lowest BCUT2D eigenvalue weighted by atomic mass is 9.87. The number of amides is 2. The van der Waals surface area contributed by atoms with Gasteiger partial charge in [-0.2, -0.15) is 0 Å². The average Bonchev–Trinajstić information content (AvgIpc) is 2.85. The van der Waals surface area contributed by atoms with Crippen LogP contribution >= 0.6 is 11.3 Å². The van der Waals surface area contributed by atoms with Crippen molar-refractivity contribution in [1.29, 1.82) is 0 Å². The fourth-order valence-corrected chi connectivity index (χ4v) is 4.12. The minimum atomic E-state index is -0.463. The highest BCUT2D eigenvalue weighted by atomic mass is 32.1. The van der Waals surface area contributed by atoms with E-state index in [-0.39, 0.29) is 5.91 Å². The number of rotatable bonds is 3. The van der Waals surface area contributed by atoms with E-state index in [0.29, 0.717) is 22.0 Å². The first kappa shape index (κ1) is 14.8. The molecule has 3 rings (SSSR count). The number of nitrogens with one attached hydrogen (secondary N) is 1. The van der Waals surface area contributed by atoms with E-state index in [0.717, 1.165) is 24.8 Å². The number of hydrogen-bond acceptors (Lipinski definition) is 3. The summed E-state index contributed by atoms with van der Waals surface area (Å²) in [5, 5.41) is 3.44. The van der Waals surface area contributed by atoms with E-state index in [9.17, 15) is 9.59 Å². The predicted octanol–water partition coefficient (Wildman–Crippen LogP) is 3.22. The van der Waals surface area contributed by atoms with E-state index in [4.69, 9.17) is 5.73 Å². The molecule has 0 fully saturated rings. The van der Waals surface area contributed by atoms with Crippen LogP contribution in [0.3, 0.4) is 0 Å². The topological polar surface area (TPSA) is 72.2 Å². The highest BCUT2D eigenvalue weighted by Gasteiger charge is 2.27. The third-order valence-corrected chi connectivity index (χ3v) is 5.22. The summed E-state index contributed by atoms with van der Waals surface area (Å²) in [6.45, 7) is 2.17. The van der Waals surface area contributed by atoms with Crippen molar-refractivity contribution in [3.05, 3.63) is 51.9 Å². The zero-order chi connectivity index (χ0) is 15.7. The molecule has 22 heavy (non-hydrogen) atoms. The van der Waals surface area contributed by atoms with E-state index < -0.39 is 5.91 Å². The van der Waals surface area contributed by atoms with Crippen molar-refractivity contribution in [2.75, 3.05) is 5.32 Å². The van der Waals surface area contributed by atoms with Crippen molar-refractivity contribution < 1.29 is 9.59 Å². The molecule has 114 valence electrons. The minimum absolute atomic E-state index is 0.213. The smallest absolute Gasteiger partial charge is 0.256 e. The first-order valence-electron chi connectivity index (χ1n) is 7.37. The van der Waals surface area contributed by atoms with Crippen LogP contribution in [0, 0.1) is 5.92 Å². The fourth-order valence-electron chi connectivity index (χ4n) is 2.87. The number of fused-ring (bicyclic) bond motifs is 1.